The Morgan fingerprint density at radius 1 is 1.27 bits per heavy atom. The summed E-state index contributed by atoms with van der Waals surface area (Å²) < 4.78 is 12.2. The van der Waals surface area contributed by atoms with Crippen LogP contribution in [0.3, 0.4) is 0 Å². The number of aliphatic carboxylic acids is 1. The maximum Gasteiger partial charge on any atom is 0.305 e. The van der Waals surface area contributed by atoms with E-state index in [1.54, 1.807) is 25.3 Å². The number of carbonyl (C=O) groups excluding carboxylic acids is 1. The van der Waals surface area contributed by atoms with Gasteiger partial charge in [0.2, 0.25) is 5.91 Å². The van der Waals surface area contributed by atoms with E-state index in [1.807, 2.05) is 24.3 Å². The topological polar surface area (TPSA) is 110 Å². The molecule has 1 saturated heterocycles. The van der Waals surface area contributed by atoms with E-state index >= 15 is 0 Å². The van der Waals surface area contributed by atoms with Gasteiger partial charge in [-0.3, -0.25) is 9.59 Å². The molecule has 0 aromatic heterocycles. The van der Waals surface area contributed by atoms with Crippen molar-refractivity contribution in [1.29, 1.82) is 0 Å². The van der Waals surface area contributed by atoms with Gasteiger partial charge in [0.1, 0.15) is 11.9 Å². The first-order valence-corrected chi connectivity index (χ1v) is 10.5. The minimum Gasteiger partial charge on any atom is -0.493 e. The number of nitrogens with one attached hydrogen (secondary N) is 1. The molecule has 0 spiro atoms. The number of carboxylic acid groups (broad SMARTS) is 1. The van der Waals surface area contributed by atoms with Gasteiger partial charge in [0, 0.05) is 4.47 Å². The number of thioether (sulfide) groups is 1. The number of carbonyl (C=O) groups is 2. The lowest BCUT2D eigenvalue weighted by molar-refractivity contribution is -0.138. The molecular weight excluding hydrogens is 474 g/mol. The fourth-order valence-electron chi connectivity index (χ4n) is 2.52. The molecule has 2 aromatic carbocycles. The number of benzene rings is 2. The number of amides is 1. The van der Waals surface area contributed by atoms with E-state index in [-0.39, 0.29) is 17.5 Å². The van der Waals surface area contributed by atoms with Crippen LogP contribution in [-0.4, -0.2) is 40.7 Å². The number of hydrogen-bond acceptors (Lipinski definition) is 7. The highest BCUT2D eigenvalue weighted by molar-refractivity contribution is 9.10. The second-order valence-corrected chi connectivity index (χ2v) is 8.28. The van der Waals surface area contributed by atoms with Crippen molar-refractivity contribution in [2.24, 2.45) is 10.2 Å². The summed E-state index contributed by atoms with van der Waals surface area (Å²) in [6.07, 6.45) is 1.24. The Kier molecular flexibility index (Phi) is 7.47. The van der Waals surface area contributed by atoms with Crippen LogP contribution in [-0.2, 0) is 16.2 Å². The molecule has 0 unspecified atom stereocenters. The molecule has 1 heterocycles. The Bertz CT molecular complexity index is 994. The fourth-order valence-corrected chi connectivity index (χ4v) is 3.70. The summed E-state index contributed by atoms with van der Waals surface area (Å²) in [5.74, 6) is -0.278. The molecule has 156 valence electrons. The quantitative estimate of drug-likeness (QED) is 0.432. The average molecular weight is 492 g/mol. The molecule has 0 radical (unpaired) electrons. The van der Waals surface area contributed by atoms with Crippen molar-refractivity contribution in [3.05, 3.63) is 58.1 Å². The molecule has 1 amide bonds. The molecule has 3 rings (SSSR count). The zero-order valence-corrected chi connectivity index (χ0v) is 18.3. The third kappa shape index (κ3) is 6.07. The second kappa shape index (κ2) is 10.3. The number of ether oxygens (including phenoxy) is 2. The van der Waals surface area contributed by atoms with Crippen molar-refractivity contribution in [2.45, 2.75) is 18.3 Å². The molecule has 1 atom stereocenters. The van der Waals surface area contributed by atoms with Gasteiger partial charge in [-0.15, -0.1) is 5.10 Å². The van der Waals surface area contributed by atoms with Gasteiger partial charge >= 0.3 is 5.97 Å². The van der Waals surface area contributed by atoms with E-state index in [4.69, 9.17) is 14.6 Å². The number of methoxy groups -OCH3 is 1. The molecule has 10 heteroatoms. The Balaban J connectivity index is 1.62. The highest BCUT2D eigenvalue weighted by Crippen LogP contribution is 2.28. The Morgan fingerprint density at radius 2 is 2.03 bits per heavy atom. The number of carboxylic acids is 1. The lowest BCUT2D eigenvalue weighted by Crippen LogP contribution is -2.26. The van der Waals surface area contributed by atoms with Gasteiger partial charge in [0.15, 0.2) is 16.7 Å². The lowest BCUT2D eigenvalue weighted by atomic mass is 10.2. The van der Waals surface area contributed by atoms with Gasteiger partial charge in [-0.1, -0.05) is 39.8 Å². The predicted molar refractivity (Wildman–Crippen MR) is 118 cm³/mol. The van der Waals surface area contributed by atoms with Crippen molar-refractivity contribution in [2.75, 3.05) is 7.11 Å². The van der Waals surface area contributed by atoms with Gasteiger partial charge in [-0.05, 0) is 41.5 Å². The molecule has 0 aliphatic carbocycles. The van der Waals surface area contributed by atoms with Gasteiger partial charge < -0.3 is 19.9 Å². The standard InChI is InChI=1S/C20H18BrN3O5S/c1-28-16-8-13(4-7-15(16)29-11-12-2-5-14(21)6-3-12)10-22-24-20-23-19(27)17(30-20)9-18(25)26/h2-8,10,17H,9,11H2,1H3,(H,25,26)(H,23,24,27)/b22-10-/t17-/m1/s1. The first-order valence-electron chi connectivity index (χ1n) is 8.80. The van der Waals surface area contributed by atoms with Crippen LogP contribution in [0.15, 0.2) is 57.1 Å². The van der Waals surface area contributed by atoms with Crippen LogP contribution >= 0.6 is 27.7 Å². The zero-order chi connectivity index (χ0) is 21.5. The summed E-state index contributed by atoms with van der Waals surface area (Å²) >= 11 is 4.45. The van der Waals surface area contributed by atoms with Gasteiger partial charge in [-0.2, -0.15) is 5.10 Å². The Hall–Kier alpha value is -2.85. The number of nitrogens with zero attached hydrogens (tertiary/aromatic N) is 2. The molecule has 8 nitrogen and oxygen atoms in total. The minimum absolute atomic E-state index is 0.266. The third-order valence-electron chi connectivity index (χ3n) is 3.99. The smallest absolute Gasteiger partial charge is 0.305 e. The molecule has 0 saturated carbocycles. The van der Waals surface area contributed by atoms with Crippen molar-refractivity contribution in [3.8, 4) is 11.5 Å². The second-order valence-electron chi connectivity index (χ2n) is 6.17. The predicted octanol–water partition coefficient (Wildman–Crippen LogP) is 3.43. The lowest BCUT2D eigenvalue weighted by Gasteiger charge is -2.11. The molecule has 1 fully saturated rings. The van der Waals surface area contributed by atoms with Crippen LogP contribution in [0.1, 0.15) is 17.5 Å². The van der Waals surface area contributed by atoms with Crippen LogP contribution in [0.25, 0.3) is 0 Å². The van der Waals surface area contributed by atoms with E-state index in [1.165, 1.54) is 6.21 Å². The van der Waals surface area contributed by atoms with Crippen molar-refractivity contribution < 1.29 is 24.2 Å². The summed E-state index contributed by atoms with van der Waals surface area (Å²) in [7, 11) is 1.55. The number of hydrogen-bond donors (Lipinski definition) is 2. The summed E-state index contributed by atoms with van der Waals surface area (Å²) in [5.41, 5.74) is 1.75. The molecule has 1 aliphatic rings. The first kappa shape index (κ1) is 21.8. The van der Waals surface area contributed by atoms with Crippen molar-refractivity contribution >= 4 is 51.0 Å². The summed E-state index contributed by atoms with van der Waals surface area (Å²) in [5, 5.41) is 18.8. The third-order valence-corrected chi connectivity index (χ3v) is 5.59. The largest absolute Gasteiger partial charge is 0.493 e. The van der Waals surface area contributed by atoms with Crippen LogP contribution in [0.2, 0.25) is 0 Å². The van der Waals surface area contributed by atoms with Crippen LogP contribution < -0.4 is 14.8 Å². The monoisotopic (exact) mass is 491 g/mol. The van der Waals surface area contributed by atoms with E-state index < -0.39 is 11.2 Å². The van der Waals surface area contributed by atoms with E-state index in [9.17, 15) is 9.59 Å². The average Bonchev–Trinajstić information content (AvgIpc) is 3.06. The SMILES string of the molecule is COc1cc(/C=N\N=C2\NC(=O)[C@@H](CC(=O)O)S2)ccc1OCc1ccc(Br)cc1. The van der Waals surface area contributed by atoms with Crippen LogP contribution in [0, 0.1) is 0 Å². The highest BCUT2D eigenvalue weighted by atomic mass is 79.9. The zero-order valence-electron chi connectivity index (χ0n) is 15.9. The fraction of sp³-hybridized carbons (Fsp3) is 0.200. The van der Waals surface area contributed by atoms with E-state index in [0.717, 1.165) is 27.4 Å². The minimum atomic E-state index is -1.04. The van der Waals surface area contributed by atoms with Gasteiger partial charge in [-0.25, -0.2) is 0 Å². The number of amidine groups is 1. The van der Waals surface area contributed by atoms with Gasteiger partial charge in [0.25, 0.3) is 0 Å². The Morgan fingerprint density at radius 3 is 2.73 bits per heavy atom. The summed E-state index contributed by atoms with van der Waals surface area (Å²) in [6, 6.07) is 13.2. The molecule has 30 heavy (non-hydrogen) atoms. The molecular formula is C20H18BrN3O5S. The Labute approximate surface area is 185 Å². The normalized spacial score (nSPS) is 17.3. The van der Waals surface area contributed by atoms with E-state index in [2.05, 4.69) is 31.4 Å². The first-order chi connectivity index (χ1) is 14.4. The summed E-state index contributed by atoms with van der Waals surface area (Å²) in [4.78, 5) is 22.4. The van der Waals surface area contributed by atoms with Crippen LogP contribution in [0.5, 0.6) is 11.5 Å². The van der Waals surface area contributed by atoms with Crippen molar-refractivity contribution in [3.63, 3.8) is 0 Å². The molecule has 0 bridgehead atoms. The maximum absolute atomic E-state index is 11.7. The van der Waals surface area contributed by atoms with Crippen molar-refractivity contribution in [1.82, 2.24) is 5.32 Å². The summed E-state index contributed by atoms with van der Waals surface area (Å²) in [6.45, 7) is 0.402. The number of halogens is 1. The maximum atomic E-state index is 11.7. The molecule has 2 aromatic rings. The van der Waals surface area contributed by atoms with Gasteiger partial charge in [0.05, 0.1) is 19.7 Å². The number of rotatable bonds is 8. The molecule has 1 aliphatic heterocycles. The highest BCUT2D eigenvalue weighted by Gasteiger charge is 2.32. The van der Waals surface area contributed by atoms with Crippen LogP contribution in [0.4, 0.5) is 0 Å². The molecule has 2 N–H and O–H groups in total. The van der Waals surface area contributed by atoms with E-state index in [0.29, 0.717) is 18.1 Å².